The van der Waals surface area contributed by atoms with E-state index in [2.05, 4.69) is 6.92 Å². The molecule has 0 radical (unpaired) electrons. The van der Waals surface area contributed by atoms with Crippen LogP contribution in [0.4, 0.5) is 4.39 Å². The summed E-state index contributed by atoms with van der Waals surface area (Å²) in [5.74, 6) is -0.261. The van der Waals surface area contributed by atoms with Gasteiger partial charge in [-0.3, -0.25) is 9.59 Å². The summed E-state index contributed by atoms with van der Waals surface area (Å²) >= 11 is 0. The number of halogens is 1. The summed E-state index contributed by atoms with van der Waals surface area (Å²) in [6.07, 6.45) is 4.31. The first-order valence-electron chi connectivity index (χ1n) is 8.87. The molecule has 0 saturated carbocycles. The van der Waals surface area contributed by atoms with Gasteiger partial charge in [-0.25, -0.2) is 4.39 Å². The number of piperidine rings is 1. The molecule has 3 rings (SSSR count). The van der Waals surface area contributed by atoms with Gasteiger partial charge < -0.3 is 9.80 Å². The number of nitrogens with zero attached hydrogens (tertiary/aromatic N) is 2. The van der Waals surface area contributed by atoms with E-state index in [0.29, 0.717) is 25.9 Å². The third kappa shape index (κ3) is 3.77. The second kappa shape index (κ2) is 7.32. The van der Waals surface area contributed by atoms with Crippen LogP contribution < -0.4 is 0 Å². The first kappa shape index (κ1) is 16.9. The third-order valence-corrected chi connectivity index (χ3v) is 5.23. The van der Waals surface area contributed by atoms with Gasteiger partial charge in [0, 0.05) is 32.1 Å². The first-order valence-corrected chi connectivity index (χ1v) is 8.87. The summed E-state index contributed by atoms with van der Waals surface area (Å²) in [7, 11) is 0. The Labute approximate surface area is 142 Å². The third-order valence-electron chi connectivity index (χ3n) is 5.23. The molecule has 2 aliphatic heterocycles. The van der Waals surface area contributed by atoms with Gasteiger partial charge in [0.15, 0.2) is 0 Å². The van der Waals surface area contributed by atoms with Crippen molar-refractivity contribution < 1.29 is 14.0 Å². The van der Waals surface area contributed by atoms with Gasteiger partial charge in [-0.15, -0.1) is 0 Å². The summed E-state index contributed by atoms with van der Waals surface area (Å²) in [6, 6.07) is 6.65. The molecule has 0 aliphatic carbocycles. The molecule has 1 aromatic carbocycles. The molecule has 2 saturated heterocycles. The molecule has 2 aliphatic rings. The number of amides is 2. The molecule has 0 spiro atoms. The monoisotopic (exact) mass is 332 g/mol. The van der Waals surface area contributed by atoms with E-state index in [-0.39, 0.29) is 29.6 Å². The van der Waals surface area contributed by atoms with E-state index in [1.54, 1.807) is 17.0 Å². The molecule has 0 bridgehead atoms. The van der Waals surface area contributed by atoms with Gasteiger partial charge in [0.05, 0.1) is 5.92 Å². The van der Waals surface area contributed by atoms with Crippen LogP contribution in [-0.2, 0) is 16.0 Å². The fourth-order valence-corrected chi connectivity index (χ4v) is 3.73. The standard InChI is InChI=1S/C19H25FN2O2/c1-14-4-2-3-10-22(14)19(24)16-12-18(23)21(13-16)11-9-15-5-7-17(20)8-6-15/h5-8,14,16H,2-4,9-13H2,1H3. The summed E-state index contributed by atoms with van der Waals surface area (Å²) in [4.78, 5) is 28.7. The zero-order valence-corrected chi connectivity index (χ0v) is 14.2. The normalized spacial score (nSPS) is 24.5. The predicted octanol–water partition coefficient (Wildman–Crippen LogP) is 2.62. The van der Waals surface area contributed by atoms with Gasteiger partial charge >= 0.3 is 0 Å². The van der Waals surface area contributed by atoms with Crippen molar-refractivity contribution >= 4 is 11.8 Å². The maximum atomic E-state index is 12.9. The average molecular weight is 332 g/mol. The molecule has 0 N–H and O–H groups in total. The van der Waals surface area contributed by atoms with Gasteiger partial charge in [-0.2, -0.15) is 0 Å². The predicted molar refractivity (Wildman–Crippen MR) is 89.8 cm³/mol. The maximum Gasteiger partial charge on any atom is 0.228 e. The Kier molecular flexibility index (Phi) is 5.17. The number of hydrogen-bond donors (Lipinski definition) is 0. The van der Waals surface area contributed by atoms with Gasteiger partial charge in [-0.1, -0.05) is 12.1 Å². The van der Waals surface area contributed by atoms with Crippen LogP contribution in [0.5, 0.6) is 0 Å². The van der Waals surface area contributed by atoms with E-state index in [4.69, 9.17) is 0 Å². The second-order valence-electron chi connectivity index (χ2n) is 6.99. The van der Waals surface area contributed by atoms with E-state index >= 15 is 0 Å². The summed E-state index contributed by atoms with van der Waals surface area (Å²) < 4.78 is 12.9. The minimum atomic E-state index is -0.252. The number of likely N-dealkylation sites (tertiary alicyclic amines) is 2. The van der Waals surface area contributed by atoms with Crippen LogP contribution in [0.2, 0.25) is 0 Å². The van der Waals surface area contributed by atoms with Crippen LogP contribution in [0.1, 0.15) is 38.2 Å². The van der Waals surface area contributed by atoms with E-state index in [1.807, 2.05) is 4.90 Å². The van der Waals surface area contributed by atoms with E-state index in [1.165, 1.54) is 18.6 Å². The summed E-state index contributed by atoms with van der Waals surface area (Å²) in [5.41, 5.74) is 1.00. The van der Waals surface area contributed by atoms with Crippen molar-refractivity contribution in [2.45, 2.75) is 45.1 Å². The van der Waals surface area contributed by atoms with Crippen LogP contribution in [0.3, 0.4) is 0 Å². The van der Waals surface area contributed by atoms with Crippen molar-refractivity contribution in [3.8, 4) is 0 Å². The summed E-state index contributed by atoms with van der Waals surface area (Å²) in [6.45, 7) is 4.02. The van der Waals surface area contributed by atoms with E-state index < -0.39 is 0 Å². The minimum absolute atomic E-state index is 0.0557. The zero-order chi connectivity index (χ0) is 17.1. The first-order chi connectivity index (χ1) is 11.5. The van der Waals surface area contributed by atoms with Crippen LogP contribution in [0.15, 0.2) is 24.3 Å². The zero-order valence-electron chi connectivity index (χ0n) is 14.2. The molecule has 2 heterocycles. The number of benzene rings is 1. The molecule has 2 amide bonds. The fraction of sp³-hybridized carbons (Fsp3) is 0.579. The highest BCUT2D eigenvalue weighted by Crippen LogP contribution is 2.25. The Morgan fingerprint density at radius 2 is 2.00 bits per heavy atom. The highest BCUT2D eigenvalue weighted by molar-refractivity contribution is 5.89. The lowest BCUT2D eigenvalue weighted by atomic mass is 9.99. The number of hydrogen-bond acceptors (Lipinski definition) is 2. The minimum Gasteiger partial charge on any atom is -0.342 e. The molecule has 24 heavy (non-hydrogen) atoms. The van der Waals surface area contributed by atoms with Crippen molar-refractivity contribution in [1.82, 2.24) is 9.80 Å². The lowest BCUT2D eigenvalue weighted by molar-refractivity contribution is -0.139. The molecule has 2 fully saturated rings. The number of rotatable bonds is 4. The number of carbonyl (C=O) groups excluding carboxylic acids is 2. The lowest BCUT2D eigenvalue weighted by Gasteiger charge is -2.35. The highest BCUT2D eigenvalue weighted by Gasteiger charge is 2.37. The lowest BCUT2D eigenvalue weighted by Crippen LogP contribution is -2.45. The average Bonchev–Trinajstić information content (AvgIpc) is 2.95. The van der Waals surface area contributed by atoms with Gasteiger partial charge in [0.25, 0.3) is 0 Å². The second-order valence-corrected chi connectivity index (χ2v) is 6.99. The molecule has 130 valence electrons. The van der Waals surface area contributed by atoms with Gasteiger partial charge in [-0.05, 0) is 50.3 Å². The quantitative estimate of drug-likeness (QED) is 0.850. The molecule has 5 heteroatoms. The van der Waals surface area contributed by atoms with Crippen LogP contribution in [0.25, 0.3) is 0 Å². The number of carbonyl (C=O) groups is 2. The molecular weight excluding hydrogens is 307 g/mol. The van der Waals surface area contributed by atoms with Gasteiger partial charge in [0.2, 0.25) is 11.8 Å². The Bertz CT molecular complexity index is 602. The maximum absolute atomic E-state index is 12.9. The van der Waals surface area contributed by atoms with Crippen molar-refractivity contribution in [2.75, 3.05) is 19.6 Å². The largest absolute Gasteiger partial charge is 0.342 e. The smallest absolute Gasteiger partial charge is 0.228 e. The molecular formula is C19H25FN2O2. The molecule has 4 nitrogen and oxygen atoms in total. The molecule has 2 unspecified atom stereocenters. The Hall–Kier alpha value is -1.91. The van der Waals surface area contributed by atoms with Crippen molar-refractivity contribution in [2.24, 2.45) is 5.92 Å². The Morgan fingerprint density at radius 1 is 1.25 bits per heavy atom. The van der Waals surface area contributed by atoms with Crippen LogP contribution in [-0.4, -0.2) is 47.3 Å². The highest BCUT2D eigenvalue weighted by atomic mass is 19.1. The van der Waals surface area contributed by atoms with E-state index in [0.717, 1.165) is 24.9 Å². The SMILES string of the molecule is CC1CCCCN1C(=O)C1CC(=O)N(CCc2ccc(F)cc2)C1. The topological polar surface area (TPSA) is 40.6 Å². The Balaban J connectivity index is 1.55. The van der Waals surface area contributed by atoms with Crippen molar-refractivity contribution in [3.63, 3.8) is 0 Å². The van der Waals surface area contributed by atoms with E-state index in [9.17, 15) is 14.0 Å². The van der Waals surface area contributed by atoms with Crippen molar-refractivity contribution in [3.05, 3.63) is 35.6 Å². The fourth-order valence-electron chi connectivity index (χ4n) is 3.73. The molecule has 0 aromatic heterocycles. The Morgan fingerprint density at radius 3 is 2.71 bits per heavy atom. The van der Waals surface area contributed by atoms with Gasteiger partial charge in [0.1, 0.15) is 5.82 Å². The van der Waals surface area contributed by atoms with Crippen molar-refractivity contribution in [1.29, 1.82) is 0 Å². The van der Waals surface area contributed by atoms with Crippen LogP contribution >= 0.6 is 0 Å². The molecule has 2 atom stereocenters. The molecule has 1 aromatic rings. The summed E-state index contributed by atoms with van der Waals surface area (Å²) in [5, 5.41) is 0. The van der Waals surface area contributed by atoms with Crippen LogP contribution in [0, 0.1) is 11.7 Å².